The van der Waals surface area contributed by atoms with Crippen LogP contribution in [0.4, 0.5) is 0 Å². The summed E-state index contributed by atoms with van der Waals surface area (Å²) in [6.07, 6.45) is 0.743. The smallest absolute Gasteiger partial charge is 0.320 e. The Morgan fingerprint density at radius 3 is 1.11 bits per heavy atom. The highest BCUT2D eigenvalue weighted by Gasteiger charge is 2.24. The minimum atomic E-state index is -0.100. The summed E-state index contributed by atoms with van der Waals surface area (Å²) in [5.74, 6) is 4.00. The molecule has 0 aliphatic carbocycles. The first-order valence-electron chi connectivity index (χ1n) is 40.9. The molecule has 124 heavy (non-hydrogen) atoms. The van der Waals surface area contributed by atoms with Crippen molar-refractivity contribution >= 4 is 97.0 Å². The van der Waals surface area contributed by atoms with E-state index >= 15 is 0 Å². The number of benzene rings is 17. The maximum Gasteiger partial charge on any atom is 0.320 e. The van der Waals surface area contributed by atoms with Crippen LogP contribution in [-0.4, -0.2) is 106 Å². The normalized spacial score (nSPS) is 11.3. The summed E-state index contributed by atoms with van der Waals surface area (Å²) in [6, 6.07) is 104. The van der Waals surface area contributed by atoms with Crippen LogP contribution in [0, 0.1) is 0 Å². The fourth-order valence-corrected chi connectivity index (χ4v) is 15.5. The highest BCUT2D eigenvalue weighted by atomic mass is 16.5. The summed E-state index contributed by atoms with van der Waals surface area (Å²) in [4.78, 5) is 55.0. The van der Waals surface area contributed by atoms with Gasteiger partial charge in [0.05, 0.1) is 48.2 Å². The summed E-state index contributed by atoms with van der Waals surface area (Å²) in [5, 5.41) is 61.9. The molecule has 4 aromatic heterocycles. The Balaban J connectivity index is 0.000000113. The predicted molar refractivity (Wildman–Crippen MR) is 492 cm³/mol. The number of ether oxygens (including phenoxy) is 4. The van der Waals surface area contributed by atoms with Crippen LogP contribution in [-0.2, 0) is 0 Å². The number of nitrogens with zero attached hydrogens (tertiary/aromatic N) is 12. The standard InChI is InChI=1S/C27H19N3O2.2C26H21N3O2.C25H19N3O2/c1-2-32-27-29-25(28-26(30-27)21-8-3-4-9-22(21)31)20-15-13-18-11-10-16-6-5-7-17-12-14-19(20)24(18)23(16)17;1-16(2)31-26-28-24(21-13-7-8-14-22(21)30)27-25(29-26)23-19-11-5-3-9-17(19)15-18-10-4-6-12-20(18)23;1-2-13-31-26-28-24(27-25(29-26)22-9-5-6-10-23(22)30)20-12-11-19-14-17-7-3-4-8-18(17)15-21(19)16-20;1-2-30-25-27-23(20-13-7-8-14-22(20)29)26-24(28-25)21-15-16-9-3-4-10-17(16)18-11-5-6-12-19(18)21/h3-15,31H,2H2,1H3;3-16,30H,1-2H3;3-12,14-16,30H,2,13H2,1H3;3-15,29H,2H2,1H3. The van der Waals surface area contributed by atoms with Gasteiger partial charge in [0.25, 0.3) is 0 Å². The van der Waals surface area contributed by atoms with Gasteiger partial charge >= 0.3 is 24.0 Å². The Kier molecular flexibility index (Phi) is 22.3. The Morgan fingerprint density at radius 2 is 0.597 bits per heavy atom. The summed E-state index contributed by atoms with van der Waals surface area (Å²) in [5.41, 5.74) is 5.72. The van der Waals surface area contributed by atoms with Crippen molar-refractivity contribution in [3.8, 4) is 138 Å². The molecule has 21 rings (SSSR count). The van der Waals surface area contributed by atoms with Gasteiger partial charge in [-0.25, -0.2) is 19.9 Å². The van der Waals surface area contributed by atoms with Gasteiger partial charge in [0.2, 0.25) is 0 Å². The van der Waals surface area contributed by atoms with Gasteiger partial charge in [-0.2, -0.15) is 39.9 Å². The Bertz CT molecular complexity index is 7510. The van der Waals surface area contributed by atoms with E-state index in [9.17, 15) is 20.4 Å². The molecule has 4 heterocycles. The zero-order valence-corrected chi connectivity index (χ0v) is 68.2. The monoisotopic (exact) mass is 1620 g/mol. The predicted octanol–water partition coefficient (Wildman–Crippen LogP) is 23.8. The molecule has 20 nitrogen and oxygen atoms in total. The van der Waals surface area contributed by atoms with Gasteiger partial charge in [-0.3, -0.25) is 0 Å². The van der Waals surface area contributed by atoms with E-state index in [0.29, 0.717) is 88.7 Å². The molecule has 17 aromatic carbocycles. The van der Waals surface area contributed by atoms with E-state index in [1.54, 1.807) is 72.8 Å². The number of rotatable bonds is 17. The van der Waals surface area contributed by atoms with Crippen LogP contribution in [0.5, 0.6) is 47.0 Å². The molecule has 0 aliphatic heterocycles. The molecule has 0 saturated heterocycles. The van der Waals surface area contributed by atoms with Crippen molar-refractivity contribution < 1.29 is 39.4 Å². The van der Waals surface area contributed by atoms with Crippen LogP contribution < -0.4 is 18.9 Å². The van der Waals surface area contributed by atoms with Gasteiger partial charge in [-0.1, -0.05) is 237 Å². The lowest BCUT2D eigenvalue weighted by Crippen LogP contribution is -2.10. The summed E-state index contributed by atoms with van der Waals surface area (Å²) in [6.45, 7) is 11.0. The first-order valence-corrected chi connectivity index (χ1v) is 40.9. The minimum Gasteiger partial charge on any atom is -0.507 e. The van der Waals surface area contributed by atoms with E-state index in [4.69, 9.17) is 33.9 Å². The summed E-state index contributed by atoms with van der Waals surface area (Å²) < 4.78 is 22.9. The lowest BCUT2D eigenvalue weighted by atomic mass is 9.92. The first-order chi connectivity index (χ1) is 60.8. The molecule has 0 unspecified atom stereocenters. The maximum atomic E-state index is 10.4. The minimum absolute atomic E-state index is 0.100. The Labute approximate surface area is 712 Å². The van der Waals surface area contributed by atoms with E-state index in [-0.39, 0.29) is 53.1 Å². The van der Waals surface area contributed by atoms with E-state index in [2.05, 4.69) is 190 Å². The molecule has 20 heteroatoms. The van der Waals surface area contributed by atoms with Crippen molar-refractivity contribution in [3.63, 3.8) is 0 Å². The lowest BCUT2D eigenvalue weighted by molar-refractivity contribution is 0.222. The maximum absolute atomic E-state index is 10.4. The second-order valence-electron chi connectivity index (χ2n) is 29.6. The van der Waals surface area contributed by atoms with Crippen LogP contribution >= 0.6 is 0 Å². The molecular weight excluding hydrogens is 1550 g/mol. The van der Waals surface area contributed by atoms with Crippen molar-refractivity contribution in [2.45, 2.75) is 47.1 Å². The highest BCUT2D eigenvalue weighted by molar-refractivity contribution is 6.25. The third kappa shape index (κ3) is 16.3. The number of phenols is 4. The van der Waals surface area contributed by atoms with Crippen LogP contribution in [0.2, 0.25) is 0 Å². The van der Waals surface area contributed by atoms with Gasteiger partial charge in [-0.05, 0) is 216 Å². The third-order valence-electron chi connectivity index (χ3n) is 21.1. The number of aromatic hydroxyl groups is 4. The van der Waals surface area contributed by atoms with Crippen LogP contribution in [0.25, 0.3) is 188 Å². The SMILES string of the molecule is CC(C)Oc1nc(-c2ccccc2O)nc(-c2c3ccccc3cc3ccccc23)n1.CCCOc1nc(-c2ccc3cc4ccccc4cc3c2)nc(-c2ccccc2O)n1.CCOc1nc(-c2ccccc2O)nc(-c2cc3ccccc3c3ccccc23)n1.CCOc1nc(-c2ccccc2O)nc(-c2ccc3ccc4cccc5ccc2c3c45)n1. The van der Waals surface area contributed by atoms with Crippen molar-refractivity contribution in [1.29, 1.82) is 0 Å². The second-order valence-corrected chi connectivity index (χ2v) is 29.6. The van der Waals surface area contributed by atoms with E-state index in [1.807, 2.05) is 132 Å². The lowest BCUT2D eigenvalue weighted by Gasteiger charge is -2.14. The zero-order valence-electron chi connectivity index (χ0n) is 68.2. The number of fused-ring (bicyclic) bond motifs is 7. The van der Waals surface area contributed by atoms with Gasteiger partial charge in [-0.15, -0.1) is 0 Å². The zero-order chi connectivity index (χ0) is 84.7. The quantitative estimate of drug-likeness (QED) is 0.0487. The molecule has 4 N–H and O–H groups in total. The molecule has 0 spiro atoms. The second kappa shape index (κ2) is 35.0. The molecule has 21 aromatic rings. The van der Waals surface area contributed by atoms with Gasteiger partial charge < -0.3 is 39.4 Å². The van der Waals surface area contributed by atoms with E-state index in [0.717, 1.165) is 82.5 Å². The molecule has 604 valence electrons. The number of aromatic nitrogens is 12. The molecule has 0 amide bonds. The van der Waals surface area contributed by atoms with Crippen LogP contribution in [0.3, 0.4) is 0 Å². The van der Waals surface area contributed by atoms with Crippen LogP contribution in [0.1, 0.15) is 41.0 Å². The average molecular weight is 1630 g/mol. The van der Waals surface area contributed by atoms with Gasteiger partial charge in [0, 0.05) is 22.3 Å². The summed E-state index contributed by atoms with van der Waals surface area (Å²) in [7, 11) is 0. The first kappa shape index (κ1) is 78.9. The van der Waals surface area contributed by atoms with Crippen molar-refractivity contribution in [2.75, 3.05) is 19.8 Å². The largest absolute Gasteiger partial charge is 0.507 e. The summed E-state index contributed by atoms with van der Waals surface area (Å²) >= 11 is 0. The number of para-hydroxylation sites is 4. The highest BCUT2D eigenvalue weighted by Crippen LogP contribution is 2.43. The molecule has 0 radical (unpaired) electrons. The molecule has 0 saturated carbocycles. The van der Waals surface area contributed by atoms with Crippen molar-refractivity contribution in [3.05, 3.63) is 315 Å². The molecular formula is C104H80N12O8. The molecule has 0 aliphatic rings. The average Bonchev–Trinajstić information content (AvgIpc) is 0.737. The third-order valence-corrected chi connectivity index (χ3v) is 21.1. The molecule has 0 bridgehead atoms. The van der Waals surface area contributed by atoms with Gasteiger partial charge in [0.15, 0.2) is 46.6 Å². The van der Waals surface area contributed by atoms with Crippen molar-refractivity contribution in [1.82, 2.24) is 59.8 Å². The van der Waals surface area contributed by atoms with Crippen LogP contribution in [0.15, 0.2) is 315 Å². The molecule has 0 atom stereocenters. The number of hydrogen-bond acceptors (Lipinski definition) is 20. The van der Waals surface area contributed by atoms with Crippen molar-refractivity contribution in [2.24, 2.45) is 0 Å². The number of phenolic OH excluding ortho intramolecular Hbond substituents is 4. The molecule has 0 fully saturated rings. The Hall–Kier alpha value is -16.2. The topological polar surface area (TPSA) is 273 Å². The fourth-order valence-electron chi connectivity index (χ4n) is 15.5. The Morgan fingerprint density at radius 1 is 0.242 bits per heavy atom. The fraction of sp³-hybridized carbons (Fsp3) is 0.0962. The van der Waals surface area contributed by atoms with E-state index in [1.165, 1.54) is 43.1 Å². The van der Waals surface area contributed by atoms with Gasteiger partial charge in [0.1, 0.15) is 23.0 Å². The van der Waals surface area contributed by atoms with E-state index < -0.39 is 0 Å². The number of hydrogen-bond donors (Lipinski definition) is 4.